The average Bonchev–Trinajstić information content (AvgIpc) is 2.16. The van der Waals surface area contributed by atoms with Gasteiger partial charge in [-0.05, 0) is 19.9 Å². The number of ether oxygens (including phenoxy) is 1. The molecule has 0 fully saturated rings. The fraction of sp³-hybridized carbons (Fsp3) is 0.333. The van der Waals surface area contributed by atoms with Crippen LogP contribution in [0.15, 0.2) is 24.3 Å². The number of hydrogen-bond acceptors (Lipinski definition) is 3. The van der Waals surface area contributed by atoms with Crippen molar-refractivity contribution in [3.8, 4) is 5.88 Å². The molecule has 1 aromatic heterocycles. The van der Waals surface area contributed by atoms with Crippen LogP contribution in [0.3, 0.4) is 0 Å². The van der Waals surface area contributed by atoms with E-state index >= 15 is 0 Å². The molecule has 0 saturated heterocycles. The molecule has 0 unspecified atom stereocenters. The summed E-state index contributed by atoms with van der Waals surface area (Å²) in [7, 11) is 0. The van der Waals surface area contributed by atoms with Crippen LogP contribution >= 0.6 is 0 Å². The Kier molecular flexibility index (Phi) is 4.05. The Bertz CT molecular complexity index is 413. The first-order valence-electron chi connectivity index (χ1n) is 4.99. The van der Waals surface area contributed by atoms with Crippen molar-refractivity contribution in [2.75, 3.05) is 6.61 Å². The van der Waals surface area contributed by atoms with E-state index in [0.29, 0.717) is 18.2 Å². The molecule has 0 aliphatic heterocycles. The van der Waals surface area contributed by atoms with Gasteiger partial charge in [0.05, 0.1) is 17.9 Å². The quantitative estimate of drug-likeness (QED) is 0.776. The molecular formula is C12H15NO3. The lowest BCUT2D eigenvalue weighted by atomic mass is 10.2. The van der Waals surface area contributed by atoms with Crippen molar-refractivity contribution in [1.29, 1.82) is 0 Å². The van der Waals surface area contributed by atoms with Gasteiger partial charge in [-0.15, -0.1) is 6.58 Å². The van der Waals surface area contributed by atoms with Gasteiger partial charge < -0.3 is 9.84 Å². The summed E-state index contributed by atoms with van der Waals surface area (Å²) in [6, 6.07) is 3.07. The molecular weight excluding hydrogens is 206 g/mol. The van der Waals surface area contributed by atoms with E-state index in [1.807, 2.05) is 6.92 Å². The molecule has 0 aliphatic rings. The maximum absolute atomic E-state index is 10.7. The molecule has 1 rings (SSSR count). The van der Waals surface area contributed by atoms with Crippen LogP contribution in [0, 0.1) is 6.92 Å². The fourth-order valence-corrected chi connectivity index (χ4v) is 1.17. The molecule has 0 spiro atoms. The number of nitrogens with zero attached hydrogens (tertiary/aromatic N) is 1. The minimum atomic E-state index is -0.974. The van der Waals surface area contributed by atoms with Crippen LogP contribution in [0.25, 0.3) is 0 Å². The van der Waals surface area contributed by atoms with E-state index in [9.17, 15) is 4.79 Å². The molecule has 0 bridgehead atoms. The van der Waals surface area contributed by atoms with E-state index in [1.54, 1.807) is 13.0 Å². The van der Waals surface area contributed by atoms with Crippen molar-refractivity contribution in [2.24, 2.45) is 0 Å². The lowest BCUT2D eigenvalue weighted by Gasteiger charge is -2.06. The van der Waals surface area contributed by atoms with Gasteiger partial charge in [-0.3, -0.25) is 0 Å². The molecule has 1 N–H and O–H groups in total. The Morgan fingerprint density at radius 2 is 2.25 bits per heavy atom. The van der Waals surface area contributed by atoms with Crippen LogP contribution < -0.4 is 4.74 Å². The van der Waals surface area contributed by atoms with Gasteiger partial charge in [0, 0.05) is 12.5 Å². The van der Waals surface area contributed by atoms with E-state index < -0.39 is 5.97 Å². The Hall–Kier alpha value is -1.84. The predicted octanol–water partition coefficient (Wildman–Crippen LogP) is 2.43. The number of carbonyl (C=O) groups is 1. The highest BCUT2D eigenvalue weighted by Crippen LogP contribution is 2.13. The number of pyridine rings is 1. The number of rotatable bonds is 5. The first-order valence-corrected chi connectivity index (χ1v) is 4.99. The molecule has 0 atom stereocenters. The van der Waals surface area contributed by atoms with Crippen LogP contribution in [0.4, 0.5) is 0 Å². The van der Waals surface area contributed by atoms with Gasteiger partial charge in [0.25, 0.3) is 0 Å². The Morgan fingerprint density at radius 1 is 1.56 bits per heavy atom. The van der Waals surface area contributed by atoms with Gasteiger partial charge in [-0.1, -0.05) is 5.57 Å². The third-order valence-electron chi connectivity index (χ3n) is 2.07. The van der Waals surface area contributed by atoms with E-state index in [0.717, 1.165) is 12.0 Å². The van der Waals surface area contributed by atoms with Gasteiger partial charge in [0.2, 0.25) is 5.88 Å². The average molecular weight is 221 g/mol. The van der Waals surface area contributed by atoms with Crippen molar-refractivity contribution < 1.29 is 14.6 Å². The maximum atomic E-state index is 10.7. The van der Waals surface area contributed by atoms with Crippen LogP contribution in [0.1, 0.15) is 29.4 Å². The minimum Gasteiger partial charge on any atom is -0.478 e. The number of carboxylic acids is 1. The molecule has 4 heteroatoms. The topological polar surface area (TPSA) is 59.4 Å². The smallest absolute Gasteiger partial charge is 0.337 e. The van der Waals surface area contributed by atoms with Crippen LogP contribution in [-0.2, 0) is 0 Å². The van der Waals surface area contributed by atoms with E-state index in [1.165, 1.54) is 6.07 Å². The largest absolute Gasteiger partial charge is 0.478 e. The summed E-state index contributed by atoms with van der Waals surface area (Å²) in [6.45, 7) is 7.85. The standard InChI is InChI=1S/C12H15NO3/c1-8(2)6-7-16-11-5-4-10(12(14)15)9(3)13-11/h4-5H,1,6-7H2,2-3H3,(H,14,15). The summed E-state index contributed by atoms with van der Waals surface area (Å²) in [4.78, 5) is 14.8. The first-order chi connectivity index (χ1) is 7.50. The SMILES string of the molecule is C=C(C)CCOc1ccc(C(=O)O)c(C)n1. The summed E-state index contributed by atoms with van der Waals surface area (Å²) in [5.74, 6) is -0.526. The highest BCUT2D eigenvalue weighted by atomic mass is 16.5. The number of aromatic nitrogens is 1. The third kappa shape index (κ3) is 3.38. The number of hydrogen-bond donors (Lipinski definition) is 1. The summed E-state index contributed by atoms with van der Waals surface area (Å²) in [5.41, 5.74) is 1.70. The molecule has 0 amide bonds. The zero-order valence-electron chi connectivity index (χ0n) is 9.49. The second-order valence-corrected chi connectivity index (χ2v) is 3.64. The van der Waals surface area contributed by atoms with Crippen LogP contribution in [0.5, 0.6) is 5.88 Å². The molecule has 4 nitrogen and oxygen atoms in total. The normalized spacial score (nSPS) is 9.88. The molecule has 0 aromatic carbocycles. The molecule has 0 radical (unpaired) electrons. The lowest BCUT2D eigenvalue weighted by molar-refractivity contribution is 0.0695. The highest BCUT2D eigenvalue weighted by Gasteiger charge is 2.08. The fourth-order valence-electron chi connectivity index (χ4n) is 1.17. The molecule has 1 aromatic rings. The second kappa shape index (κ2) is 5.30. The van der Waals surface area contributed by atoms with Gasteiger partial charge in [-0.25, -0.2) is 9.78 Å². The van der Waals surface area contributed by atoms with Crippen molar-refractivity contribution >= 4 is 5.97 Å². The van der Waals surface area contributed by atoms with E-state index in [-0.39, 0.29) is 5.56 Å². The van der Waals surface area contributed by atoms with E-state index in [4.69, 9.17) is 9.84 Å². The minimum absolute atomic E-state index is 0.201. The zero-order chi connectivity index (χ0) is 12.1. The Morgan fingerprint density at radius 3 is 2.75 bits per heavy atom. The Labute approximate surface area is 94.6 Å². The van der Waals surface area contributed by atoms with Crippen molar-refractivity contribution in [2.45, 2.75) is 20.3 Å². The van der Waals surface area contributed by atoms with Gasteiger partial charge in [-0.2, -0.15) is 0 Å². The summed E-state index contributed by atoms with van der Waals surface area (Å²) in [5, 5.41) is 8.81. The monoisotopic (exact) mass is 221 g/mol. The van der Waals surface area contributed by atoms with Crippen LogP contribution in [0.2, 0.25) is 0 Å². The first kappa shape index (κ1) is 12.2. The van der Waals surface area contributed by atoms with Crippen molar-refractivity contribution in [1.82, 2.24) is 4.98 Å². The maximum Gasteiger partial charge on any atom is 0.337 e. The number of aromatic carboxylic acids is 1. The lowest BCUT2D eigenvalue weighted by Crippen LogP contribution is -2.04. The molecule has 86 valence electrons. The van der Waals surface area contributed by atoms with Crippen molar-refractivity contribution in [3.63, 3.8) is 0 Å². The number of aryl methyl sites for hydroxylation is 1. The van der Waals surface area contributed by atoms with Crippen molar-refractivity contribution in [3.05, 3.63) is 35.5 Å². The highest BCUT2D eigenvalue weighted by molar-refractivity contribution is 5.88. The molecule has 0 saturated carbocycles. The number of carboxylic acid groups (broad SMARTS) is 1. The molecule has 16 heavy (non-hydrogen) atoms. The van der Waals surface area contributed by atoms with E-state index in [2.05, 4.69) is 11.6 Å². The molecule has 0 aliphatic carbocycles. The third-order valence-corrected chi connectivity index (χ3v) is 2.07. The second-order valence-electron chi connectivity index (χ2n) is 3.64. The van der Waals surface area contributed by atoms with Gasteiger partial charge in [0.15, 0.2) is 0 Å². The Balaban J connectivity index is 2.66. The summed E-state index contributed by atoms with van der Waals surface area (Å²) >= 11 is 0. The molecule has 1 heterocycles. The predicted molar refractivity (Wildman–Crippen MR) is 60.9 cm³/mol. The zero-order valence-corrected chi connectivity index (χ0v) is 9.49. The van der Waals surface area contributed by atoms with Crippen LogP contribution in [-0.4, -0.2) is 22.7 Å². The van der Waals surface area contributed by atoms with Gasteiger partial charge >= 0.3 is 5.97 Å². The summed E-state index contributed by atoms with van der Waals surface area (Å²) in [6.07, 6.45) is 0.765. The van der Waals surface area contributed by atoms with Gasteiger partial charge in [0.1, 0.15) is 0 Å². The summed E-state index contributed by atoms with van der Waals surface area (Å²) < 4.78 is 5.37.